The minimum atomic E-state index is -0.594. The Morgan fingerprint density at radius 3 is 2.20 bits per heavy atom. The lowest BCUT2D eigenvalue weighted by Gasteiger charge is -2.01. The van der Waals surface area contributed by atoms with Crippen molar-refractivity contribution in [2.75, 3.05) is 13.2 Å². The van der Waals surface area contributed by atoms with Gasteiger partial charge in [-0.25, -0.2) is 9.59 Å². The number of carbonyl (C=O) groups is 2. The van der Waals surface area contributed by atoms with Gasteiger partial charge in [-0.2, -0.15) is 0 Å². The molecule has 0 atom stereocenters. The molecule has 0 aromatic rings. The Balaban J connectivity index is 4.15. The van der Waals surface area contributed by atoms with Gasteiger partial charge in [-0.3, -0.25) is 0 Å². The van der Waals surface area contributed by atoms with E-state index in [0.717, 1.165) is 6.08 Å². The molecule has 82 valence electrons. The summed E-state index contributed by atoms with van der Waals surface area (Å²) in [6, 6.07) is 0. The number of hydrogen-bond donors (Lipinski definition) is 0. The molecule has 0 aromatic heterocycles. The monoisotopic (exact) mass is 210 g/mol. The Labute approximate surface area is 88.9 Å². The molecule has 0 bridgehead atoms. The molecule has 0 aliphatic carbocycles. The highest BCUT2D eigenvalue weighted by Gasteiger charge is 2.07. The van der Waals surface area contributed by atoms with Gasteiger partial charge in [0.25, 0.3) is 0 Å². The van der Waals surface area contributed by atoms with Gasteiger partial charge in [-0.15, -0.1) is 0 Å². The molecule has 0 fully saturated rings. The highest BCUT2D eigenvalue weighted by Crippen LogP contribution is 1.97. The van der Waals surface area contributed by atoms with Crippen molar-refractivity contribution in [3.8, 4) is 0 Å². The fourth-order valence-corrected chi connectivity index (χ4v) is 0.667. The van der Waals surface area contributed by atoms with E-state index in [0.29, 0.717) is 0 Å². The lowest BCUT2D eigenvalue weighted by atomic mass is 10.3. The van der Waals surface area contributed by atoms with Gasteiger partial charge in [0.1, 0.15) is 13.2 Å². The maximum Gasteiger partial charge on any atom is 0.334 e. The average molecular weight is 210 g/mol. The molecule has 0 saturated carbocycles. The lowest BCUT2D eigenvalue weighted by Crippen LogP contribution is -2.09. The van der Waals surface area contributed by atoms with Gasteiger partial charge < -0.3 is 9.47 Å². The van der Waals surface area contributed by atoms with E-state index in [1.165, 1.54) is 19.1 Å². The quantitative estimate of drug-likeness (QED) is 0.377. The second kappa shape index (κ2) is 7.55. The van der Waals surface area contributed by atoms with Gasteiger partial charge in [-0.05, 0) is 6.92 Å². The summed E-state index contributed by atoms with van der Waals surface area (Å²) in [6.45, 7) is 8.49. The third-order valence-corrected chi connectivity index (χ3v) is 1.33. The van der Waals surface area contributed by atoms with E-state index in [9.17, 15) is 9.59 Å². The lowest BCUT2D eigenvalue weighted by molar-refractivity contribution is -0.140. The van der Waals surface area contributed by atoms with Gasteiger partial charge in [0, 0.05) is 11.6 Å². The van der Waals surface area contributed by atoms with Crippen molar-refractivity contribution < 1.29 is 19.1 Å². The molecular weight excluding hydrogens is 196 g/mol. The Morgan fingerprint density at radius 1 is 1.13 bits per heavy atom. The molecule has 0 rings (SSSR count). The summed E-state index contributed by atoms with van der Waals surface area (Å²) >= 11 is 0. The van der Waals surface area contributed by atoms with Crippen molar-refractivity contribution in [2.45, 2.75) is 6.92 Å². The van der Waals surface area contributed by atoms with Crippen LogP contribution in [0.5, 0.6) is 0 Å². The maximum atomic E-state index is 11.1. The zero-order chi connectivity index (χ0) is 11.7. The van der Waals surface area contributed by atoms with Crippen LogP contribution in [0.1, 0.15) is 6.92 Å². The molecule has 0 amide bonds. The third kappa shape index (κ3) is 6.26. The van der Waals surface area contributed by atoms with Gasteiger partial charge in [-0.1, -0.05) is 25.3 Å². The van der Waals surface area contributed by atoms with Crippen LogP contribution in [0.4, 0.5) is 0 Å². The minimum absolute atomic E-state index is 0.115. The summed E-state index contributed by atoms with van der Waals surface area (Å²) in [5.74, 6) is -1.16. The number of esters is 2. The predicted octanol–water partition coefficient (Wildman–Crippen LogP) is 1.39. The number of carbonyl (C=O) groups excluding carboxylic acids is 2. The fraction of sp³-hybridized carbons (Fsp3) is 0.273. The van der Waals surface area contributed by atoms with Crippen molar-refractivity contribution in [2.24, 2.45) is 0 Å². The van der Waals surface area contributed by atoms with Crippen LogP contribution in [0.15, 0.2) is 37.0 Å². The number of hydrogen-bond acceptors (Lipinski definition) is 4. The van der Waals surface area contributed by atoms with E-state index in [1.807, 2.05) is 0 Å². The SMILES string of the molecule is C=CCOC(=O)C=C(C)C(=O)OCC=C. The van der Waals surface area contributed by atoms with Crippen molar-refractivity contribution in [1.29, 1.82) is 0 Å². The molecular formula is C11H14O4. The first-order valence-corrected chi connectivity index (χ1v) is 4.35. The van der Waals surface area contributed by atoms with Crippen LogP contribution in [-0.4, -0.2) is 25.2 Å². The molecule has 4 heteroatoms. The summed E-state index contributed by atoms with van der Waals surface area (Å²) < 4.78 is 9.36. The molecule has 0 unspecified atom stereocenters. The summed E-state index contributed by atoms with van der Waals surface area (Å²) in [5, 5.41) is 0. The maximum absolute atomic E-state index is 11.1. The molecule has 0 heterocycles. The highest BCUT2D eigenvalue weighted by molar-refractivity contribution is 5.95. The van der Waals surface area contributed by atoms with Crippen LogP contribution >= 0.6 is 0 Å². The van der Waals surface area contributed by atoms with Crippen LogP contribution in [0.2, 0.25) is 0 Å². The van der Waals surface area contributed by atoms with E-state index in [2.05, 4.69) is 17.9 Å². The normalized spacial score (nSPS) is 10.3. The molecule has 0 radical (unpaired) electrons. The van der Waals surface area contributed by atoms with Crippen molar-refractivity contribution in [1.82, 2.24) is 0 Å². The van der Waals surface area contributed by atoms with Crippen LogP contribution in [-0.2, 0) is 19.1 Å². The van der Waals surface area contributed by atoms with Crippen LogP contribution in [0.25, 0.3) is 0 Å². The standard InChI is InChI=1S/C11H14O4/c1-4-6-14-10(12)8-9(3)11(13)15-7-5-2/h4-5,8H,1-2,6-7H2,3H3. The molecule has 0 saturated heterocycles. The number of rotatable bonds is 6. The van der Waals surface area contributed by atoms with Crippen molar-refractivity contribution in [3.05, 3.63) is 37.0 Å². The van der Waals surface area contributed by atoms with Crippen molar-refractivity contribution >= 4 is 11.9 Å². The molecule has 0 spiro atoms. The first-order valence-electron chi connectivity index (χ1n) is 4.35. The first kappa shape index (κ1) is 13.2. The summed E-state index contributed by atoms with van der Waals surface area (Å²) in [5.41, 5.74) is 0.186. The zero-order valence-electron chi connectivity index (χ0n) is 8.69. The second-order valence-corrected chi connectivity index (χ2v) is 2.63. The Kier molecular flexibility index (Phi) is 6.63. The number of ether oxygens (including phenoxy) is 2. The van der Waals surface area contributed by atoms with Crippen LogP contribution in [0.3, 0.4) is 0 Å². The topological polar surface area (TPSA) is 52.6 Å². The minimum Gasteiger partial charge on any atom is -0.458 e. The zero-order valence-corrected chi connectivity index (χ0v) is 8.69. The largest absolute Gasteiger partial charge is 0.458 e. The molecule has 0 aliphatic rings. The van der Waals surface area contributed by atoms with E-state index < -0.39 is 11.9 Å². The molecule has 0 N–H and O–H groups in total. The smallest absolute Gasteiger partial charge is 0.334 e. The second-order valence-electron chi connectivity index (χ2n) is 2.63. The van der Waals surface area contributed by atoms with Crippen molar-refractivity contribution in [3.63, 3.8) is 0 Å². The highest BCUT2D eigenvalue weighted by atomic mass is 16.5. The van der Waals surface area contributed by atoms with Gasteiger partial charge in [0.15, 0.2) is 0 Å². The van der Waals surface area contributed by atoms with E-state index >= 15 is 0 Å². The molecule has 0 aliphatic heterocycles. The van der Waals surface area contributed by atoms with Gasteiger partial charge >= 0.3 is 11.9 Å². The molecule has 0 aromatic carbocycles. The van der Waals surface area contributed by atoms with E-state index in [-0.39, 0.29) is 18.8 Å². The van der Waals surface area contributed by atoms with E-state index in [1.54, 1.807) is 0 Å². The predicted molar refractivity (Wildman–Crippen MR) is 56.1 cm³/mol. The fourth-order valence-electron chi connectivity index (χ4n) is 0.667. The van der Waals surface area contributed by atoms with Gasteiger partial charge in [0.05, 0.1) is 0 Å². The molecule has 4 nitrogen and oxygen atoms in total. The van der Waals surface area contributed by atoms with Crippen LogP contribution in [0, 0.1) is 0 Å². The summed E-state index contributed by atoms with van der Waals surface area (Å²) in [6.07, 6.45) is 3.97. The van der Waals surface area contributed by atoms with Crippen LogP contribution < -0.4 is 0 Å². The summed E-state index contributed by atoms with van der Waals surface area (Å²) in [4.78, 5) is 22.2. The Morgan fingerprint density at radius 2 is 1.67 bits per heavy atom. The Bertz CT molecular complexity index is 289. The molecule has 15 heavy (non-hydrogen) atoms. The van der Waals surface area contributed by atoms with Gasteiger partial charge in [0.2, 0.25) is 0 Å². The Hall–Kier alpha value is -1.84. The van der Waals surface area contributed by atoms with E-state index in [4.69, 9.17) is 4.74 Å². The third-order valence-electron chi connectivity index (χ3n) is 1.33. The average Bonchev–Trinajstić information content (AvgIpc) is 2.22. The summed E-state index contributed by atoms with van der Waals surface area (Å²) in [7, 11) is 0. The first-order chi connectivity index (χ1) is 7.11.